The lowest BCUT2D eigenvalue weighted by molar-refractivity contribution is -0.142. The van der Waals surface area contributed by atoms with E-state index in [1.165, 1.54) is 0 Å². The van der Waals surface area contributed by atoms with Crippen molar-refractivity contribution < 1.29 is 24.2 Å². The Labute approximate surface area is 200 Å². The summed E-state index contributed by atoms with van der Waals surface area (Å²) in [6.07, 6.45) is 0.237. The van der Waals surface area contributed by atoms with E-state index in [-0.39, 0.29) is 24.4 Å². The van der Waals surface area contributed by atoms with Gasteiger partial charge < -0.3 is 20.5 Å². The molecule has 0 bridgehead atoms. The van der Waals surface area contributed by atoms with Crippen molar-refractivity contribution in [3.05, 3.63) is 59.7 Å². The highest BCUT2D eigenvalue weighted by atomic mass is 16.5. The van der Waals surface area contributed by atoms with Crippen molar-refractivity contribution in [2.75, 3.05) is 6.61 Å². The molecule has 3 rings (SSSR count). The zero-order valence-corrected chi connectivity index (χ0v) is 20.2. The number of hydrogen-bond donors (Lipinski definition) is 3. The van der Waals surface area contributed by atoms with E-state index in [0.717, 1.165) is 22.3 Å². The number of amides is 2. The molecule has 34 heavy (non-hydrogen) atoms. The minimum Gasteiger partial charge on any atom is -0.480 e. The second-order valence-electron chi connectivity index (χ2n) is 9.36. The number of nitrogens with one attached hydrogen (secondary N) is 2. The van der Waals surface area contributed by atoms with Gasteiger partial charge in [-0.25, -0.2) is 9.59 Å². The van der Waals surface area contributed by atoms with Gasteiger partial charge in [0.05, 0.1) is 0 Å². The topological polar surface area (TPSA) is 105 Å². The van der Waals surface area contributed by atoms with Gasteiger partial charge in [-0.3, -0.25) is 4.79 Å². The van der Waals surface area contributed by atoms with Crippen molar-refractivity contribution in [1.29, 1.82) is 0 Å². The molecule has 0 aromatic heterocycles. The third-order valence-electron chi connectivity index (χ3n) is 6.43. The minimum absolute atomic E-state index is 0.0866. The van der Waals surface area contributed by atoms with E-state index in [0.29, 0.717) is 12.8 Å². The van der Waals surface area contributed by atoms with Gasteiger partial charge >= 0.3 is 12.1 Å². The molecular weight excluding hydrogens is 432 g/mol. The number of carbonyl (C=O) groups excluding carboxylic acids is 2. The largest absolute Gasteiger partial charge is 0.480 e. The Morgan fingerprint density at radius 2 is 1.50 bits per heavy atom. The number of benzene rings is 2. The molecule has 182 valence electrons. The summed E-state index contributed by atoms with van der Waals surface area (Å²) < 4.78 is 5.59. The minimum atomic E-state index is -1.09. The van der Waals surface area contributed by atoms with Crippen LogP contribution in [0.4, 0.5) is 4.79 Å². The Bertz CT molecular complexity index is 990. The maximum atomic E-state index is 12.9. The molecule has 0 heterocycles. The number of fused-ring (bicyclic) bond motifs is 3. The first-order valence-electron chi connectivity index (χ1n) is 11.9. The number of ether oxygens (including phenoxy) is 1. The number of carboxylic acids is 1. The number of hydrogen-bond acceptors (Lipinski definition) is 4. The molecule has 0 spiro atoms. The first-order chi connectivity index (χ1) is 16.2. The Balaban J connectivity index is 1.68. The molecule has 3 unspecified atom stereocenters. The fourth-order valence-electron chi connectivity index (χ4n) is 4.42. The summed E-state index contributed by atoms with van der Waals surface area (Å²) in [7, 11) is 0. The summed E-state index contributed by atoms with van der Waals surface area (Å²) in [5.74, 6) is -1.80. The molecule has 2 aromatic rings. The highest BCUT2D eigenvalue weighted by Gasteiger charge is 2.32. The molecule has 3 atom stereocenters. The van der Waals surface area contributed by atoms with E-state index in [2.05, 4.69) is 22.8 Å². The zero-order valence-electron chi connectivity index (χ0n) is 20.2. The molecule has 7 heteroatoms. The van der Waals surface area contributed by atoms with Gasteiger partial charge in [-0.05, 0) is 40.5 Å². The molecule has 0 saturated heterocycles. The Kier molecular flexibility index (Phi) is 8.31. The number of aliphatic carboxylic acids is 1. The monoisotopic (exact) mass is 466 g/mol. The van der Waals surface area contributed by atoms with E-state index in [9.17, 15) is 19.5 Å². The summed E-state index contributed by atoms with van der Waals surface area (Å²) in [4.78, 5) is 37.2. The molecule has 3 N–H and O–H groups in total. The predicted molar refractivity (Wildman–Crippen MR) is 130 cm³/mol. The molecule has 0 fully saturated rings. The summed E-state index contributed by atoms with van der Waals surface area (Å²) in [6, 6.07) is 14.2. The SMILES string of the molecule is CCC(C)C(NC(=O)OCC1c2ccccc2-c2ccccc21)C(=O)NC(CC(C)C)C(=O)O. The summed E-state index contributed by atoms with van der Waals surface area (Å²) in [5.41, 5.74) is 4.47. The molecule has 2 amide bonds. The molecule has 0 aliphatic heterocycles. The van der Waals surface area contributed by atoms with Gasteiger partial charge in [0.25, 0.3) is 0 Å². The van der Waals surface area contributed by atoms with Crippen molar-refractivity contribution in [3.8, 4) is 11.1 Å². The molecule has 0 radical (unpaired) electrons. The second kappa shape index (κ2) is 11.2. The van der Waals surface area contributed by atoms with Gasteiger partial charge in [0.2, 0.25) is 5.91 Å². The number of carboxylic acid groups (broad SMARTS) is 1. The normalized spacial score (nSPS) is 15.1. The lowest BCUT2D eigenvalue weighted by atomic mass is 9.97. The number of carbonyl (C=O) groups is 3. The molecule has 1 aliphatic carbocycles. The fraction of sp³-hybridized carbons (Fsp3) is 0.444. The second-order valence-corrected chi connectivity index (χ2v) is 9.36. The van der Waals surface area contributed by atoms with Gasteiger partial charge in [-0.1, -0.05) is 82.6 Å². The highest BCUT2D eigenvalue weighted by Crippen LogP contribution is 2.44. The zero-order chi connectivity index (χ0) is 24.8. The van der Waals surface area contributed by atoms with Crippen molar-refractivity contribution in [1.82, 2.24) is 10.6 Å². The van der Waals surface area contributed by atoms with E-state index < -0.39 is 30.1 Å². The molecule has 2 aromatic carbocycles. The van der Waals surface area contributed by atoms with Crippen molar-refractivity contribution in [2.24, 2.45) is 11.8 Å². The van der Waals surface area contributed by atoms with Crippen molar-refractivity contribution >= 4 is 18.0 Å². The van der Waals surface area contributed by atoms with Crippen LogP contribution in [0.3, 0.4) is 0 Å². The Morgan fingerprint density at radius 3 is 2.00 bits per heavy atom. The van der Waals surface area contributed by atoms with Crippen LogP contribution in [-0.2, 0) is 14.3 Å². The molecule has 1 aliphatic rings. The predicted octanol–water partition coefficient (Wildman–Crippen LogP) is 4.56. The van der Waals surface area contributed by atoms with Crippen LogP contribution in [0.1, 0.15) is 57.6 Å². The first kappa shape index (κ1) is 25.3. The fourth-order valence-corrected chi connectivity index (χ4v) is 4.42. The molecule has 7 nitrogen and oxygen atoms in total. The Morgan fingerprint density at radius 1 is 0.941 bits per heavy atom. The van der Waals surface area contributed by atoms with Crippen molar-refractivity contribution in [2.45, 2.75) is 58.5 Å². The van der Waals surface area contributed by atoms with Gasteiger partial charge in [0.1, 0.15) is 18.7 Å². The maximum Gasteiger partial charge on any atom is 0.407 e. The van der Waals surface area contributed by atoms with Gasteiger partial charge in [0.15, 0.2) is 0 Å². The van der Waals surface area contributed by atoms with Crippen LogP contribution >= 0.6 is 0 Å². The van der Waals surface area contributed by atoms with Crippen molar-refractivity contribution in [3.63, 3.8) is 0 Å². The van der Waals surface area contributed by atoms with Crippen LogP contribution in [0.2, 0.25) is 0 Å². The van der Waals surface area contributed by atoms with E-state index in [1.54, 1.807) is 0 Å². The van der Waals surface area contributed by atoms with Crippen LogP contribution in [0.15, 0.2) is 48.5 Å². The smallest absolute Gasteiger partial charge is 0.407 e. The third-order valence-corrected chi connectivity index (χ3v) is 6.43. The summed E-state index contributed by atoms with van der Waals surface area (Å²) in [5, 5.41) is 14.7. The Hall–Kier alpha value is -3.35. The van der Waals surface area contributed by atoms with Crippen LogP contribution in [0, 0.1) is 11.8 Å². The summed E-state index contributed by atoms with van der Waals surface area (Å²) in [6.45, 7) is 7.67. The average Bonchev–Trinajstić information content (AvgIpc) is 3.13. The van der Waals surface area contributed by atoms with Crippen LogP contribution < -0.4 is 10.6 Å². The van der Waals surface area contributed by atoms with Crippen LogP contribution in [0.5, 0.6) is 0 Å². The summed E-state index contributed by atoms with van der Waals surface area (Å²) >= 11 is 0. The van der Waals surface area contributed by atoms with E-state index in [4.69, 9.17) is 4.74 Å². The quantitative estimate of drug-likeness (QED) is 0.476. The standard InChI is InChI=1S/C27H34N2O5/c1-5-17(4)24(25(30)28-23(26(31)32)14-16(2)3)29-27(33)34-15-22-20-12-8-6-10-18(20)19-11-7-9-13-21(19)22/h6-13,16-17,22-24H,5,14-15H2,1-4H3,(H,28,30)(H,29,33)(H,31,32). The lowest BCUT2D eigenvalue weighted by Gasteiger charge is -2.26. The highest BCUT2D eigenvalue weighted by molar-refractivity contribution is 5.89. The van der Waals surface area contributed by atoms with Gasteiger partial charge in [-0.2, -0.15) is 0 Å². The van der Waals surface area contributed by atoms with E-state index >= 15 is 0 Å². The maximum absolute atomic E-state index is 12.9. The van der Waals surface area contributed by atoms with Gasteiger partial charge in [0, 0.05) is 5.92 Å². The first-order valence-corrected chi connectivity index (χ1v) is 11.9. The van der Waals surface area contributed by atoms with E-state index in [1.807, 2.05) is 64.1 Å². The average molecular weight is 467 g/mol. The molecule has 0 saturated carbocycles. The van der Waals surface area contributed by atoms with Crippen LogP contribution in [-0.4, -0.2) is 41.8 Å². The van der Waals surface area contributed by atoms with Crippen LogP contribution in [0.25, 0.3) is 11.1 Å². The number of rotatable bonds is 10. The molecular formula is C27H34N2O5. The van der Waals surface area contributed by atoms with Gasteiger partial charge in [-0.15, -0.1) is 0 Å². The number of alkyl carbamates (subject to hydrolysis) is 1. The third kappa shape index (κ3) is 5.76. The lowest BCUT2D eigenvalue weighted by Crippen LogP contribution is -2.54.